The number of hydrogen-bond acceptors (Lipinski definition) is 6. The fraction of sp³-hybridized carbons (Fsp3) is 0.333. The van der Waals surface area contributed by atoms with Gasteiger partial charge in [-0.2, -0.15) is 0 Å². The van der Waals surface area contributed by atoms with Crippen LogP contribution in [0, 0.1) is 17.0 Å². The Kier molecular flexibility index (Phi) is 6.48. The molecule has 0 atom stereocenters. The number of carbonyl (C=O) groups excluding carboxylic acids is 1. The first-order valence-electron chi connectivity index (χ1n) is 8.34. The molecule has 0 aliphatic rings. The number of ether oxygens (including phenoxy) is 1. The van der Waals surface area contributed by atoms with Crippen molar-refractivity contribution in [3.63, 3.8) is 0 Å². The van der Waals surface area contributed by atoms with Crippen LogP contribution in [-0.4, -0.2) is 35.5 Å². The highest BCUT2D eigenvalue weighted by molar-refractivity contribution is 5.92. The van der Waals surface area contributed by atoms with Gasteiger partial charge in [0, 0.05) is 31.4 Å². The Balaban J connectivity index is 1.96. The van der Waals surface area contributed by atoms with Gasteiger partial charge in [0.2, 0.25) is 5.75 Å². The van der Waals surface area contributed by atoms with Crippen LogP contribution in [0.4, 0.5) is 17.2 Å². The predicted molar refractivity (Wildman–Crippen MR) is 99.8 cm³/mol. The molecule has 0 saturated heterocycles. The summed E-state index contributed by atoms with van der Waals surface area (Å²) in [5.41, 5.74) is 2.21. The van der Waals surface area contributed by atoms with Crippen molar-refractivity contribution in [3.05, 3.63) is 52.2 Å². The lowest BCUT2D eigenvalue weighted by atomic mass is 10.2. The van der Waals surface area contributed by atoms with Gasteiger partial charge in [-0.3, -0.25) is 4.79 Å². The molecule has 0 unspecified atom stereocenters. The van der Waals surface area contributed by atoms with Crippen LogP contribution in [0.5, 0.6) is 5.75 Å². The summed E-state index contributed by atoms with van der Waals surface area (Å²) < 4.78 is 5.26. The van der Waals surface area contributed by atoms with Crippen molar-refractivity contribution >= 4 is 23.1 Å². The van der Waals surface area contributed by atoms with Crippen molar-refractivity contribution in [2.24, 2.45) is 0 Å². The molecular formula is C18H22N4O4. The molecule has 0 saturated carbocycles. The molecule has 8 nitrogen and oxygen atoms in total. The number of aryl methyl sites for hydroxylation is 1. The predicted octanol–water partition coefficient (Wildman–Crippen LogP) is 3.16. The Labute approximate surface area is 152 Å². The van der Waals surface area contributed by atoms with Crippen molar-refractivity contribution in [3.8, 4) is 5.75 Å². The number of rotatable bonds is 8. The Bertz CT molecular complexity index is 773. The number of nitrogens with zero attached hydrogens (tertiary/aromatic N) is 3. The van der Waals surface area contributed by atoms with Crippen LogP contribution in [0.3, 0.4) is 0 Å². The average molecular weight is 358 g/mol. The fourth-order valence-electron chi connectivity index (χ4n) is 2.46. The van der Waals surface area contributed by atoms with Gasteiger partial charge in [-0.15, -0.1) is 0 Å². The Morgan fingerprint density at radius 3 is 2.42 bits per heavy atom. The summed E-state index contributed by atoms with van der Waals surface area (Å²) in [5, 5.41) is 13.7. The van der Waals surface area contributed by atoms with E-state index in [0.717, 1.165) is 18.8 Å². The number of aromatic nitrogens is 1. The molecule has 1 heterocycles. The highest BCUT2D eigenvalue weighted by Crippen LogP contribution is 2.24. The van der Waals surface area contributed by atoms with Gasteiger partial charge in [-0.05, 0) is 60.2 Å². The smallest absolute Gasteiger partial charge is 0.406 e. The van der Waals surface area contributed by atoms with Crippen molar-refractivity contribution in [1.82, 2.24) is 4.98 Å². The lowest BCUT2D eigenvalue weighted by Crippen LogP contribution is -2.22. The van der Waals surface area contributed by atoms with Crippen LogP contribution < -0.4 is 15.0 Å². The number of carbonyl (C=O) groups is 1. The molecule has 0 aliphatic heterocycles. The maximum Gasteiger partial charge on any atom is 0.406 e. The van der Waals surface area contributed by atoms with Gasteiger partial charge >= 0.3 is 5.82 Å². The third-order valence-corrected chi connectivity index (χ3v) is 3.79. The largest absolute Gasteiger partial charge is 0.476 e. The molecule has 1 amide bonds. The number of hydrogen-bond donors (Lipinski definition) is 1. The van der Waals surface area contributed by atoms with Gasteiger partial charge in [0.25, 0.3) is 5.91 Å². The van der Waals surface area contributed by atoms with Gasteiger partial charge in [-0.1, -0.05) is 0 Å². The van der Waals surface area contributed by atoms with Gasteiger partial charge < -0.3 is 25.1 Å². The van der Waals surface area contributed by atoms with Crippen LogP contribution in [0.1, 0.15) is 19.5 Å². The van der Waals surface area contributed by atoms with Gasteiger partial charge in [0.15, 0.2) is 6.61 Å². The normalized spacial score (nSPS) is 10.3. The van der Waals surface area contributed by atoms with E-state index in [9.17, 15) is 14.9 Å². The Hall–Kier alpha value is -3.16. The number of anilines is 2. The number of benzene rings is 1. The maximum absolute atomic E-state index is 12.0. The Morgan fingerprint density at radius 1 is 1.19 bits per heavy atom. The summed E-state index contributed by atoms with van der Waals surface area (Å²) in [6.07, 6.45) is 0. The standard InChI is InChI=1S/C18H22N4O4/c1-4-21(5-2)15-9-7-14(8-10-15)20-17(23)12-26-16-11-6-13(3)19-18(16)22(24)25/h6-11H,4-5,12H2,1-3H3,(H,20,23). The number of pyridine rings is 1. The van der Waals surface area contributed by atoms with Crippen molar-refractivity contribution in [2.75, 3.05) is 29.9 Å². The zero-order valence-corrected chi connectivity index (χ0v) is 15.1. The molecule has 2 rings (SSSR count). The van der Waals surface area contributed by atoms with Crippen molar-refractivity contribution in [1.29, 1.82) is 0 Å². The molecule has 0 fully saturated rings. The molecule has 0 bridgehead atoms. The minimum Gasteiger partial charge on any atom is -0.476 e. The molecule has 0 spiro atoms. The van der Waals surface area contributed by atoms with Crippen LogP contribution in [0.15, 0.2) is 36.4 Å². The zero-order valence-electron chi connectivity index (χ0n) is 15.1. The van der Waals surface area contributed by atoms with Gasteiger partial charge in [-0.25, -0.2) is 0 Å². The lowest BCUT2D eigenvalue weighted by Gasteiger charge is -2.21. The van der Waals surface area contributed by atoms with Crippen molar-refractivity contribution in [2.45, 2.75) is 20.8 Å². The molecular weight excluding hydrogens is 336 g/mol. The van der Waals surface area contributed by atoms with Crippen molar-refractivity contribution < 1.29 is 14.5 Å². The third-order valence-electron chi connectivity index (χ3n) is 3.79. The summed E-state index contributed by atoms with van der Waals surface area (Å²) in [5.74, 6) is -0.843. The second kappa shape index (κ2) is 8.80. The number of amides is 1. The molecule has 0 radical (unpaired) electrons. The van der Waals surface area contributed by atoms with E-state index in [1.165, 1.54) is 6.07 Å². The second-order valence-electron chi connectivity index (χ2n) is 5.59. The maximum atomic E-state index is 12.0. The van der Waals surface area contributed by atoms with Crippen LogP contribution in [0.25, 0.3) is 0 Å². The van der Waals surface area contributed by atoms with E-state index in [-0.39, 0.29) is 12.4 Å². The van der Waals surface area contributed by atoms with E-state index >= 15 is 0 Å². The summed E-state index contributed by atoms with van der Waals surface area (Å²) >= 11 is 0. The molecule has 26 heavy (non-hydrogen) atoms. The molecule has 1 aromatic heterocycles. The van der Waals surface area contributed by atoms with E-state index in [0.29, 0.717) is 11.4 Å². The molecule has 8 heteroatoms. The first-order chi connectivity index (χ1) is 12.4. The molecule has 1 aromatic carbocycles. The van der Waals surface area contributed by atoms with E-state index in [1.54, 1.807) is 25.1 Å². The highest BCUT2D eigenvalue weighted by atomic mass is 16.6. The number of nitro groups is 1. The van der Waals surface area contributed by atoms with Crippen LogP contribution >= 0.6 is 0 Å². The summed E-state index contributed by atoms with van der Waals surface area (Å²) in [7, 11) is 0. The van der Waals surface area contributed by atoms with Gasteiger partial charge in [0.1, 0.15) is 5.69 Å². The topological polar surface area (TPSA) is 97.6 Å². The summed E-state index contributed by atoms with van der Waals surface area (Å²) in [6, 6.07) is 10.5. The Morgan fingerprint density at radius 2 is 1.85 bits per heavy atom. The quantitative estimate of drug-likeness (QED) is 0.575. The summed E-state index contributed by atoms with van der Waals surface area (Å²) in [4.78, 5) is 28.4. The molecule has 2 aromatic rings. The van der Waals surface area contributed by atoms with Crippen LogP contribution in [0.2, 0.25) is 0 Å². The highest BCUT2D eigenvalue weighted by Gasteiger charge is 2.18. The SMILES string of the molecule is CCN(CC)c1ccc(NC(=O)COc2ccc(C)nc2[N+](=O)[O-])cc1. The van der Waals surface area contributed by atoms with E-state index in [1.807, 2.05) is 12.1 Å². The first-order valence-corrected chi connectivity index (χ1v) is 8.34. The van der Waals surface area contributed by atoms with Gasteiger partial charge in [0.05, 0.1) is 0 Å². The lowest BCUT2D eigenvalue weighted by molar-refractivity contribution is -0.390. The van der Waals surface area contributed by atoms with E-state index in [2.05, 4.69) is 29.0 Å². The van der Waals surface area contributed by atoms with E-state index < -0.39 is 16.6 Å². The second-order valence-corrected chi connectivity index (χ2v) is 5.59. The van der Waals surface area contributed by atoms with Crippen LogP contribution in [-0.2, 0) is 4.79 Å². The zero-order chi connectivity index (χ0) is 19.1. The summed E-state index contributed by atoms with van der Waals surface area (Å²) in [6.45, 7) is 7.26. The minimum absolute atomic E-state index is 0.0346. The third kappa shape index (κ3) is 4.92. The van der Waals surface area contributed by atoms with E-state index in [4.69, 9.17) is 4.74 Å². The molecule has 1 N–H and O–H groups in total. The minimum atomic E-state index is -0.633. The molecule has 0 aliphatic carbocycles. The molecule has 138 valence electrons. The average Bonchev–Trinajstić information content (AvgIpc) is 2.63. The number of nitrogens with one attached hydrogen (secondary N) is 1. The monoisotopic (exact) mass is 358 g/mol. The fourth-order valence-corrected chi connectivity index (χ4v) is 2.46. The first kappa shape index (κ1) is 19.2.